The van der Waals surface area contributed by atoms with Crippen LogP contribution in [0.25, 0.3) is 0 Å². The van der Waals surface area contributed by atoms with Crippen LogP contribution in [0.2, 0.25) is 0 Å². The Morgan fingerprint density at radius 1 is 1.44 bits per heavy atom. The first-order chi connectivity index (χ1) is 8.69. The largest absolute Gasteiger partial charge is 0.491 e. The molecule has 0 saturated heterocycles. The van der Waals surface area contributed by atoms with Crippen LogP contribution in [-0.2, 0) is 6.54 Å². The van der Waals surface area contributed by atoms with Gasteiger partial charge in [-0.2, -0.15) is 4.37 Å². The van der Waals surface area contributed by atoms with Crippen LogP contribution >= 0.6 is 11.5 Å². The fourth-order valence-electron chi connectivity index (χ4n) is 1.47. The number of halogens is 1. The van der Waals surface area contributed by atoms with Crippen LogP contribution in [0.15, 0.2) is 18.2 Å². The van der Waals surface area contributed by atoms with Gasteiger partial charge in [0.1, 0.15) is 5.82 Å². The van der Waals surface area contributed by atoms with Crippen molar-refractivity contribution in [3.8, 4) is 5.75 Å². The summed E-state index contributed by atoms with van der Waals surface area (Å²) in [5.41, 5.74) is 0.837. The van der Waals surface area contributed by atoms with Gasteiger partial charge < -0.3 is 10.1 Å². The normalized spacial score (nSPS) is 10.4. The highest BCUT2D eigenvalue weighted by Gasteiger charge is 2.05. The summed E-state index contributed by atoms with van der Waals surface area (Å²) in [7, 11) is 0. The molecule has 0 fully saturated rings. The molecule has 0 aliphatic heterocycles. The Hall–Kier alpha value is -1.69. The van der Waals surface area contributed by atoms with Crippen molar-refractivity contribution in [3.05, 3.63) is 35.4 Å². The third kappa shape index (κ3) is 3.16. The van der Waals surface area contributed by atoms with E-state index < -0.39 is 0 Å². The topological polar surface area (TPSA) is 47.0 Å². The fourth-order valence-corrected chi connectivity index (χ4v) is 2.04. The molecule has 0 atom stereocenters. The van der Waals surface area contributed by atoms with Crippen LogP contribution in [0.5, 0.6) is 5.75 Å². The fraction of sp³-hybridized carbons (Fsp3) is 0.333. The highest BCUT2D eigenvalue weighted by molar-refractivity contribution is 7.09. The van der Waals surface area contributed by atoms with Gasteiger partial charge in [-0.15, -0.1) is 0 Å². The van der Waals surface area contributed by atoms with Crippen LogP contribution in [-0.4, -0.2) is 16.0 Å². The lowest BCUT2D eigenvalue weighted by atomic mass is 10.2. The van der Waals surface area contributed by atoms with Crippen LogP contribution in [0.1, 0.15) is 18.3 Å². The molecular weight excluding hydrogens is 253 g/mol. The van der Waals surface area contributed by atoms with Crippen LogP contribution in [0.3, 0.4) is 0 Å². The number of nitrogens with zero attached hydrogens (tertiary/aromatic N) is 2. The molecule has 18 heavy (non-hydrogen) atoms. The Labute approximate surface area is 109 Å². The summed E-state index contributed by atoms with van der Waals surface area (Å²) in [5, 5.41) is 3.84. The minimum absolute atomic E-state index is 0.285. The van der Waals surface area contributed by atoms with Gasteiger partial charge in [0.25, 0.3) is 0 Å². The van der Waals surface area contributed by atoms with E-state index in [1.165, 1.54) is 17.6 Å². The Morgan fingerprint density at radius 2 is 2.28 bits per heavy atom. The highest BCUT2D eigenvalue weighted by Crippen LogP contribution is 2.19. The molecule has 1 aromatic heterocycles. The van der Waals surface area contributed by atoms with Crippen LogP contribution < -0.4 is 10.1 Å². The minimum atomic E-state index is -0.343. The Balaban J connectivity index is 1.99. The van der Waals surface area contributed by atoms with E-state index in [1.807, 2.05) is 19.9 Å². The van der Waals surface area contributed by atoms with E-state index >= 15 is 0 Å². The van der Waals surface area contributed by atoms with Crippen molar-refractivity contribution in [2.24, 2.45) is 0 Å². The number of hydrogen-bond acceptors (Lipinski definition) is 5. The maximum atomic E-state index is 13.6. The maximum Gasteiger partial charge on any atom is 0.202 e. The molecule has 0 aliphatic carbocycles. The minimum Gasteiger partial charge on any atom is -0.491 e. The summed E-state index contributed by atoms with van der Waals surface area (Å²) in [6.45, 7) is 4.63. The lowest BCUT2D eigenvalue weighted by molar-refractivity contribution is 0.321. The number of ether oxygens (including phenoxy) is 1. The first-order valence-corrected chi connectivity index (χ1v) is 6.41. The molecule has 0 aliphatic rings. The molecule has 4 nitrogen and oxygen atoms in total. The smallest absolute Gasteiger partial charge is 0.202 e. The van der Waals surface area contributed by atoms with Crippen molar-refractivity contribution in [3.63, 3.8) is 0 Å². The predicted octanol–water partition coefficient (Wildman–Crippen LogP) is 3.00. The zero-order valence-corrected chi connectivity index (χ0v) is 11.1. The van der Waals surface area contributed by atoms with Crippen molar-refractivity contribution in [2.45, 2.75) is 20.4 Å². The molecule has 0 amide bonds. The number of aromatic nitrogens is 2. The standard InChI is InChI=1S/C12H14FN3OS/c1-3-17-11-5-4-9(6-10(11)13)7-14-12-15-8(2)16-18-12/h4-6H,3,7H2,1-2H3,(H,14,15,16). The summed E-state index contributed by atoms with van der Waals surface area (Å²) < 4.78 is 22.8. The summed E-state index contributed by atoms with van der Waals surface area (Å²) >= 11 is 1.29. The average Bonchev–Trinajstić information content (AvgIpc) is 2.76. The zero-order chi connectivity index (χ0) is 13.0. The summed E-state index contributed by atoms with van der Waals surface area (Å²) in [4.78, 5) is 4.17. The second-order valence-electron chi connectivity index (χ2n) is 3.70. The average molecular weight is 267 g/mol. The van der Waals surface area contributed by atoms with Crippen molar-refractivity contribution >= 4 is 16.7 Å². The molecule has 1 aromatic carbocycles. The molecule has 0 unspecified atom stereocenters. The maximum absolute atomic E-state index is 13.6. The van der Waals surface area contributed by atoms with Gasteiger partial charge in [0, 0.05) is 18.1 Å². The monoisotopic (exact) mass is 267 g/mol. The summed E-state index contributed by atoms with van der Waals surface area (Å²) in [6, 6.07) is 4.93. The van der Waals surface area contributed by atoms with Crippen molar-refractivity contribution < 1.29 is 9.13 Å². The molecule has 2 rings (SSSR count). The van der Waals surface area contributed by atoms with Gasteiger partial charge >= 0.3 is 0 Å². The van der Waals surface area contributed by atoms with Crippen molar-refractivity contribution in [1.82, 2.24) is 9.36 Å². The number of benzene rings is 1. The molecule has 0 saturated carbocycles. The Morgan fingerprint density at radius 3 is 2.89 bits per heavy atom. The number of hydrogen-bond donors (Lipinski definition) is 1. The SMILES string of the molecule is CCOc1ccc(CNc2nc(C)ns2)cc1F. The van der Waals surface area contributed by atoms with Crippen molar-refractivity contribution in [2.75, 3.05) is 11.9 Å². The second kappa shape index (κ2) is 5.77. The second-order valence-corrected chi connectivity index (χ2v) is 4.45. The van der Waals surface area contributed by atoms with Crippen molar-refractivity contribution in [1.29, 1.82) is 0 Å². The van der Waals surface area contributed by atoms with E-state index in [9.17, 15) is 4.39 Å². The molecule has 1 heterocycles. The molecule has 0 radical (unpaired) electrons. The van der Waals surface area contributed by atoms with Crippen LogP contribution in [0, 0.1) is 12.7 Å². The van der Waals surface area contributed by atoms with E-state index in [-0.39, 0.29) is 11.6 Å². The third-order valence-electron chi connectivity index (χ3n) is 2.27. The van der Waals surface area contributed by atoms with E-state index in [0.29, 0.717) is 13.2 Å². The quantitative estimate of drug-likeness (QED) is 0.904. The van der Waals surface area contributed by atoms with Gasteiger partial charge in [0.2, 0.25) is 5.13 Å². The molecule has 0 bridgehead atoms. The lowest BCUT2D eigenvalue weighted by Gasteiger charge is -2.07. The van der Waals surface area contributed by atoms with Gasteiger partial charge in [-0.3, -0.25) is 0 Å². The number of nitrogens with one attached hydrogen (secondary N) is 1. The van der Waals surface area contributed by atoms with E-state index in [0.717, 1.165) is 16.5 Å². The zero-order valence-electron chi connectivity index (χ0n) is 10.2. The summed E-state index contributed by atoms with van der Waals surface area (Å²) in [5.74, 6) is 0.679. The van der Waals surface area contributed by atoms with Gasteiger partial charge in [-0.1, -0.05) is 6.07 Å². The van der Waals surface area contributed by atoms with E-state index in [4.69, 9.17) is 4.74 Å². The third-order valence-corrected chi connectivity index (χ3v) is 3.03. The van der Waals surface area contributed by atoms with Crippen LogP contribution in [0.4, 0.5) is 9.52 Å². The molecule has 0 spiro atoms. The molecular formula is C12H14FN3OS. The van der Waals surface area contributed by atoms with Gasteiger partial charge in [0.05, 0.1) is 6.61 Å². The van der Waals surface area contributed by atoms with E-state index in [2.05, 4.69) is 14.7 Å². The molecule has 1 N–H and O–H groups in total. The first kappa shape index (κ1) is 12.8. The first-order valence-electron chi connectivity index (χ1n) is 5.64. The van der Waals surface area contributed by atoms with E-state index in [1.54, 1.807) is 6.07 Å². The molecule has 96 valence electrons. The Bertz CT molecular complexity index is 530. The predicted molar refractivity (Wildman–Crippen MR) is 69.5 cm³/mol. The number of rotatable bonds is 5. The van der Waals surface area contributed by atoms with Gasteiger partial charge in [-0.05, 0) is 31.5 Å². The number of anilines is 1. The van der Waals surface area contributed by atoms with Gasteiger partial charge in [-0.25, -0.2) is 9.37 Å². The number of aryl methyl sites for hydroxylation is 1. The summed E-state index contributed by atoms with van der Waals surface area (Å²) in [6.07, 6.45) is 0. The molecule has 6 heteroatoms. The van der Waals surface area contributed by atoms with Gasteiger partial charge in [0.15, 0.2) is 11.6 Å². The Kier molecular flexibility index (Phi) is 4.09. The lowest BCUT2D eigenvalue weighted by Crippen LogP contribution is -2.01. The molecule has 2 aromatic rings. The highest BCUT2D eigenvalue weighted by atomic mass is 32.1.